The molecule has 8 heteroatoms. The highest BCUT2D eigenvalue weighted by atomic mass is 19.3. The molecule has 19 heavy (non-hydrogen) atoms. The van der Waals surface area contributed by atoms with E-state index in [4.69, 9.17) is 10.4 Å². The van der Waals surface area contributed by atoms with Crippen LogP contribution in [0.5, 0.6) is 5.75 Å². The number of carboxylic acids is 1. The zero-order valence-corrected chi connectivity index (χ0v) is 9.21. The lowest BCUT2D eigenvalue weighted by molar-refractivity contribution is -0.146. The van der Waals surface area contributed by atoms with E-state index in [0.29, 0.717) is 0 Å². The molecule has 2 N–H and O–H groups in total. The molecule has 0 fully saturated rings. The van der Waals surface area contributed by atoms with E-state index in [-0.39, 0.29) is 17.4 Å². The van der Waals surface area contributed by atoms with Crippen molar-refractivity contribution in [2.75, 3.05) is 0 Å². The van der Waals surface area contributed by atoms with E-state index in [2.05, 4.69) is 4.74 Å². The standard InChI is InChI=1S/C11H7F2NO5/c12-11(13)19-8-2-5(9(16)10(17)18)1-6(3-14)7(8)4-15/h1-2,4,9,11,16H,(H,17,18). The fourth-order valence-electron chi connectivity index (χ4n) is 1.36. The quantitative estimate of drug-likeness (QED) is 0.776. The van der Waals surface area contributed by atoms with Crippen molar-refractivity contribution >= 4 is 12.3 Å². The maximum atomic E-state index is 12.2. The van der Waals surface area contributed by atoms with Crippen LogP contribution in [0.4, 0.5) is 8.78 Å². The van der Waals surface area contributed by atoms with Crippen LogP contribution in [-0.2, 0) is 4.79 Å². The Balaban J connectivity index is 3.42. The first kappa shape index (κ1) is 14.5. The maximum Gasteiger partial charge on any atom is 0.387 e. The van der Waals surface area contributed by atoms with Gasteiger partial charge in [-0.2, -0.15) is 14.0 Å². The van der Waals surface area contributed by atoms with Crippen LogP contribution >= 0.6 is 0 Å². The van der Waals surface area contributed by atoms with Crippen LogP contribution in [0.2, 0.25) is 0 Å². The monoisotopic (exact) mass is 271 g/mol. The zero-order valence-electron chi connectivity index (χ0n) is 9.21. The second-order valence-electron chi connectivity index (χ2n) is 3.33. The molecule has 0 bridgehead atoms. The number of benzene rings is 1. The molecule has 1 aromatic carbocycles. The summed E-state index contributed by atoms with van der Waals surface area (Å²) >= 11 is 0. The number of hydrogen-bond acceptors (Lipinski definition) is 5. The van der Waals surface area contributed by atoms with Crippen LogP contribution in [0.3, 0.4) is 0 Å². The number of carboxylic acid groups (broad SMARTS) is 1. The summed E-state index contributed by atoms with van der Waals surface area (Å²) in [5.74, 6) is -2.30. The Labute approximate surface area is 105 Å². The minimum atomic E-state index is -3.26. The molecule has 1 atom stereocenters. The van der Waals surface area contributed by atoms with Gasteiger partial charge in [0.1, 0.15) is 11.8 Å². The first-order valence-electron chi connectivity index (χ1n) is 4.79. The van der Waals surface area contributed by atoms with E-state index >= 15 is 0 Å². The van der Waals surface area contributed by atoms with Crippen molar-refractivity contribution in [3.63, 3.8) is 0 Å². The number of nitrogens with zero attached hydrogens (tertiary/aromatic N) is 1. The third kappa shape index (κ3) is 3.23. The number of carbonyl (C=O) groups excluding carboxylic acids is 1. The van der Waals surface area contributed by atoms with Gasteiger partial charge in [-0.25, -0.2) is 4.79 Å². The fourth-order valence-corrected chi connectivity index (χ4v) is 1.36. The molecule has 0 amide bonds. The Hall–Kier alpha value is -2.53. The number of aliphatic hydroxyl groups excluding tert-OH is 1. The molecular formula is C11H7F2NO5. The van der Waals surface area contributed by atoms with E-state index < -0.39 is 30.0 Å². The third-order valence-electron chi connectivity index (χ3n) is 2.17. The largest absolute Gasteiger partial charge is 0.479 e. The molecule has 0 aliphatic rings. The van der Waals surface area contributed by atoms with Gasteiger partial charge in [0.25, 0.3) is 0 Å². The summed E-state index contributed by atoms with van der Waals surface area (Å²) in [6.45, 7) is -3.26. The van der Waals surface area contributed by atoms with Gasteiger partial charge in [0, 0.05) is 0 Å². The van der Waals surface area contributed by atoms with Crippen molar-refractivity contribution in [2.45, 2.75) is 12.7 Å². The van der Waals surface area contributed by atoms with Crippen molar-refractivity contribution in [3.05, 3.63) is 28.8 Å². The summed E-state index contributed by atoms with van der Waals surface area (Å²) in [5, 5.41) is 26.7. The van der Waals surface area contributed by atoms with Gasteiger partial charge >= 0.3 is 12.6 Å². The van der Waals surface area contributed by atoms with Gasteiger partial charge in [-0.1, -0.05) is 0 Å². The Morgan fingerprint density at radius 3 is 2.53 bits per heavy atom. The summed E-state index contributed by atoms with van der Waals surface area (Å²) in [6, 6.07) is 3.22. The van der Waals surface area contributed by atoms with E-state index in [1.807, 2.05) is 0 Å². The van der Waals surface area contributed by atoms with Gasteiger partial charge in [0.05, 0.1) is 11.1 Å². The summed E-state index contributed by atoms with van der Waals surface area (Å²) in [6.07, 6.45) is -1.89. The first-order chi connectivity index (χ1) is 8.90. The summed E-state index contributed by atoms with van der Waals surface area (Å²) in [7, 11) is 0. The third-order valence-corrected chi connectivity index (χ3v) is 2.17. The van der Waals surface area contributed by atoms with Crippen molar-refractivity contribution in [1.29, 1.82) is 5.26 Å². The van der Waals surface area contributed by atoms with Gasteiger partial charge < -0.3 is 14.9 Å². The maximum absolute atomic E-state index is 12.2. The van der Waals surface area contributed by atoms with Gasteiger partial charge in [0.15, 0.2) is 12.4 Å². The molecule has 1 aromatic rings. The average Bonchev–Trinajstić information content (AvgIpc) is 2.35. The molecule has 0 heterocycles. The van der Waals surface area contributed by atoms with E-state index in [1.54, 1.807) is 0 Å². The molecule has 0 spiro atoms. The Morgan fingerprint density at radius 1 is 1.47 bits per heavy atom. The molecule has 0 aliphatic heterocycles. The zero-order chi connectivity index (χ0) is 14.6. The molecule has 6 nitrogen and oxygen atoms in total. The lowest BCUT2D eigenvalue weighted by Crippen LogP contribution is -2.13. The van der Waals surface area contributed by atoms with Crippen molar-refractivity contribution < 1.29 is 33.3 Å². The number of carbonyl (C=O) groups is 2. The lowest BCUT2D eigenvalue weighted by Gasteiger charge is -2.12. The number of alkyl halides is 2. The topological polar surface area (TPSA) is 108 Å². The number of rotatable bonds is 5. The average molecular weight is 271 g/mol. The number of nitriles is 1. The van der Waals surface area contributed by atoms with E-state index in [9.17, 15) is 23.5 Å². The number of hydrogen-bond donors (Lipinski definition) is 2. The molecule has 0 aliphatic carbocycles. The highest BCUT2D eigenvalue weighted by Gasteiger charge is 2.22. The van der Waals surface area contributed by atoms with E-state index in [0.717, 1.165) is 12.1 Å². The number of ether oxygens (including phenoxy) is 1. The Kier molecular flexibility index (Phi) is 4.50. The van der Waals surface area contributed by atoms with Crippen molar-refractivity contribution in [2.24, 2.45) is 0 Å². The predicted molar refractivity (Wildman–Crippen MR) is 55.8 cm³/mol. The molecule has 100 valence electrons. The van der Waals surface area contributed by atoms with Crippen LogP contribution in [0.25, 0.3) is 0 Å². The van der Waals surface area contributed by atoms with E-state index in [1.165, 1.54) is 6.07 Å². The normalized spacial score (nSPS) is 11.7. The molecule has 1 rings (SSSR count). The Morgan fingerprint density at radius 2 is 2.11 bits per heavy atom. The molecule has 0 radical (unpaired) electrons. The van der Waals surface area contributed by atoms with Crippen LogP contribution < -0.4 is 4.74 Å². The summed E-state index contributed by atoms with van der Waals surface area (Å²) in [4.78, 5) is 21.3. The molecule has 0 aromatic heterocycles. The number of halogens is 2. The first-order valence-corrected chi connectivity index (χ1v) is 4.79. The molecular weight excluding hydrogens is 264 g/mol. The lowest BCUT2D eigenvalue weighted by atomic mass is 10.0. The van der Waals surface area contributed by atoms with Crippen LogP contribution in [0.15, 0.2) is 12.1 Å². The van der Waals surface area contributed by atoms with Crippen LogP contribution in [0.1, 0.15) is 27.6 Å². The fraction of sp³-hybridized carbons (Fsp3) is 0.182. The van der Waals surface area contributed by atoms with Crippen molar-refractivity contribution in [1.82, 2.24) is 0 Å². The summed E-state index contributed by atoms with van der Waals surface area (Å²) in [5.41, 5.74) is -1.15. The minimum Gasteiger partial charge on any atom is -0.479 e. The second-order valence-corrected chi connectivity index (χ2v) is 3.33. The molecule has 1 unspecified atom stereocenters. The molecule has 0 saturated heterocycles. The SMILES string of the molecule is N#Cc1cc(C(O)C(=O)O)cc(OC(F)F)c1C=O. The number of aliphatic carboxylic acids is 1. The highest BCUT2D eigenvalue weighted by Crippen LogP contribution is 2.28. The van der Waals surface area contributed by atoms with Crippen molar-refractivity contribution in [3.8, 4) is 11.8 Å². The van der Waals surface area contributed by atoms with Gasteiger partial charge in [-0.15, -0.1) is 0 Å². The van der Waals surface area contributed by atoms with Gasteiger partial charge in [-0.3, -0.25) is 4.79 Å². The summed E-state index contributed by atoms with van der Waals surface area (Å²) < 4.78 is 28.4. The van der Waals surface area contributed by atoms with Gasteiger partial charge in [0.2, 0.25) is 0 Å². The van der Waals surface area contributed by atoms with Crippen LogP contribution in [-0.4, -0.2) is 29.1 Å². The predicted octanol–water partition coefficient (Wildman–Crippen LogP) is 1.09. The molecule has 0 saturated carbocycles. The number of aldehydes is 1. The minimum absolute atomic E-state index is 0.132. The highest BCUT2D eigenvalue weighted by molar-refractivity contribution is 5.84. The van der Waals surface area contributed by atoms with Gasteiger partial charge in [-0.05, 0) is 17.7 Å². The number of aliphatic hydroxyl groups is 1. The smallest absolute Gasteiger partial charge is 0.387 e. The van der Waals surface area contributed by atoms with Crippen LogP contribution in [0, 0.1) is 11.3 Å². The second kappa shape index (κ2) is 5.88. The Bertz CT molecular complexity index is 553.